The Labute approximate surface area is 104 Å². The Morgan fingerprint density at radius 3 is 2.29 bits per heavy atom. The molecule has 1 aliphatic heterocycles. The molecule has 2 N–H and O–H groups in total. The van der Waals surface area contributed by atoms with Gasteiger partial charge in [-0.1, -0.05) is 13.8 Å². The predicted octanol–water partition coefficient (Wildman–Crippen LogP) is 1.24. The first kappa shape index (κ1) is 14.5. The van der Waals surface area contributed by atoms with E-state index in [2.05, 4.69) is 13.8 Å². The minimum Gasteiger partial charge on any atom is -0.374 e. The molecule has 0 aromatic rings. The van der Waals surface area contributed by atoms with Crippen LogP contribution in [0.3, 0.4) is 0 Å². The summed E-state index contributed by atoms with van der Waals surface area (Å²) in [6.45, 7) is 10.2. The molecule has 1 rings (SSSR count). The van der Waals surface area contributed by atoms with Crippen molar-refractivity contribution < 1.29 is 9.53 Å². The Kier molecular flexibility index (Phi) is 5.40. The lowest BCUT2D eigenvalue weighted by Gasteiger charge is -2.27. The van der Waals surface area contributed by atoms with Gasteiger partial charge >= 0.3 is 0 Å². The van der Waals surface area contributed by atoms with Gasteiger partial charge in [0.05, 0.1) is 18.1 Å². The number of rotatable bonds is 5. The minimum atomic E-state index is -0.0110. The van der Waals surface area contributed by atoms with Crippen LogP contribution in [0.25, 0.3) is 0 Å². The highest BCUT2D eigenvalue weighted by molar-refractivity contribution is 5.80. The van der Waals surface area contributed by atoms with Crippen molar-refractivity contribution >= 4 is 5.91 Å². The van der Waals surface area contributed by atoms with Crippen molar-refractivity contribution in [3.8, 4) is 0 Å². The van der Waals surface area contributed by atoms with Crippen molar-refractivity contribution in [3.05, 3.63) is 0 Å². The van der Waals surface area contributed by atoms with E-state index in [0.717, 1.165) is 13.0 Å². The molecule has 0 aromatic carbocycles. The van der Waals surface area contributed by atoms with Gasteiger partial charge in [0, 0.05) is 19.6 Å². The number of ether oxygens (including phenoxy) is 1. The Hall–Kier alpha value is -0.610. The number of carbonyl (C=O) groups is 1. The number of carbonyl (C=O) groups excluding carboxylic acids is 1. The summed E-state index contributed by atoms with van der Waals surface area (Å²) in [6, 6.07) is 0. The molecule has 0 spiro atoms. The van der Waals surface area contributed by atoms with Gasteiger partial charge in [-0.05, 0) is 26.2 Å². The highest BCUT2D eigenvalue weighted by atomic mass is 16.5. The monoisotopic (exact) mass is 242 g/mol. The predicted molar refractivity (Wildman–Crippen MR) is 68.6 cm³/mol. The molecule has 1 aliphatic rings. The van der Waals surface area contributed by atoms with E-state index in [1.54, 1.807) is 0 Å². The topological polar surface area (TPSA) is 55.6 Å². The second kappa shape index (κ2) is 6.36. The number of nitrogens with two attached hydrogens (primary N) is 1. The highest BCUT2D eigenvalue weighted by Gasteiger charge is 2.42. The number of hydrogen-bond donors (Lipinski definition) is 1. The summed E-state index contributed by atoms with van der Waals surface area (Å²) < 4.78 is 5.73. The Morgan fingerprint density at radius 1 is 1.24 bits per heavy atom. The normalized spacial score (nSPS) is 32.8. The van der Waals surface area contributed by atoms with E-state index in [1.807, 2.05) is 18.7 Å². The Bertz CT molecular complexity index is 252. The van der Waals surface area contributed by atoms with E-state index < -0.39 is 0 Å². The highest BCUT2D eigenvalue weighted by Crippen LogP contribution is 2.33. The third-order valence-corrected chi connectivity index (χ3v) is 3.73. The lowest BCUT2D eigenvalue weighted by atomic mass is 9.88. The molecular weight excluding hydrogens is 216 g/mol. The third kappa shape index (κ3) is 3.19. The summed E-state index contributed by atoms with van der Waals surface area (Å²) in [7, 11) is 0. The van der Waals surface area contributed by atoms with Crippen molar-refractivity contribution in [1.82, 2.24) is 4.90 Å². The van der Waals surface area contributed by atoms with E-state index in [9.17, 15) is 4.79 Å². The molecule has 4 heteroatoms. The van der Waals surface area contributed by atoms with Crippen molar-refractivity contribution in [2.75, 3.05) is 19.6 Å². The largest absolute Gasteiger partial charge is 0.374 e. The summed E-state index contributed by atoms with van der Waals surface area (Å²) in [5, 5.41) is 0. The second-order valence-electron chi connectivity index (χ2n) is 5.05. The van der Waals surface area contributed by atoms with Gasteiger partial charge < -0.3 is 15.4 Å². The first-order chi connectivity index (χ1) is 8.02. The van der Waals surface area contributed by atoms with Crippen LogP contribution >= 0.6 is 0 Å². The van der Waals surface area contributed by atoms with Crippen LogP contribution in [0.1, 0.15) is 34.1 Å². The summed E-state index contributed by atoms with van der Waals surface area (Å²) in [4.78, 5) is 14.4. The SMILES string of the molecule is CCCN(CCN)C(=O)C1C(C)OC(C)C1C. The smallest absolute Gasteiger partial charge is 0.228 e. The van der Waals surface area contributed by atoms with Gasteiger partial charge in [-0.25, -0.2) is 0 Å². The maximum absolute atomic E-state index is 12.5. The summed E-state index contributed by atoms with van der Waals surface area (Å²) >= 11 is 0. The summed E-state index contributed by atoms with van der Waals surface area (Å²) in [5.41, 5.74) is 5.57. The zero-order valence-corrected chi connectivity index (χ0v) is 11.5. The lowest BCUT2D eigenvalue weighted by molar-refractivity contribution is -0.137. The van der Waals surface area contributed by atoms with Crippen LogP contribution < -0.4 is 5.73 Å². The maximum Gasteiger partial charge on any atom is 0.228 e. The van der Waals surface area contributed by atoms with E-state index in [1.165, 1.54) is 0 Å². The molecule has 4 nitrogen and oxygen atoms in total. The molecule has 1 amide bonds. The number of nitrogens with zero attached hydrogens (tertiary/aromatic N) is 1. The minimum absolute atomic E-state index is 0.0110. The zero-order valence-electron chi connectivity index (χ0n) is 11.5. The number of amides is 1. The fourth-order valence-corrected chi connectivity index (χ4v) is 2.66. The first-order valence-electron chi connectivity index (χ1n) is 6.67. The quantitative estimate of drug-likeness (QED) is 0.789. The van der Waals surface area contributed by atoms with Crippen LogP contribution in [0, 0.1) is 11.8 Å². The standard InChI is InChI=1S/C13H26N2O2/c1-5-7-15(8-6-14)13(16)12-9(2)10(3)17-11(12)4/h9-12H,5-8,14H2,1-4H3. The van der Waals surface area contributed by atoms with Crippen molar-refractivity contribution in [1.29, 1.82) is 0 Å². The summed E-state index contributed by atoms with van der Waals surface area (Å²) in [5.74, 6) is 0.486. The van der Waals surface area contributed by atoms with E-state index in [4.69, 9.17) is 10.5 Å². The van der Waals surface area contributed by atoms with Crippen LogP contribution in [0.15, 0.2) is 0 Å². The molecular formula is C13H26N2O2. The van der Waals surface area contributed by atoms with Gasteiger partial charge in [-0.2, -0.15) is 0 Å². The van der Waals surface area contributed by atoms with E-state index >= 15 is 0 Å². The van der Waals surface area contributed by atoms with Gasteiger partial charge in [-0.15, -0.1) is 0 Å². The molecule has 1 heterocycles. The van der Waals surface area contributed by atoms with Crippen LogP contribution in [0.2, 0.25) is 0 Å². The molecule has 100 valence electrons. The number of hydrogen-bond acceptors (Lipinski definition) is 3. The van der Waals surface area contributed by atoms with Crippen LogP contribution in [-0.2, 0) is 9.53 Å². The third-order valence-electron chi connectivity index (χ3n) is 3.73. The maximum atomic E-state index is 12.5. The molecule has 0 aliphatic carbocycles. The molecule has 0 bridgehead atoms. The molecule has 1 fully saturated rings. The van der Waals surface area contributed by atoms with Gasteiger partial charge in [0.1, 0.15) is 0 Å². The average Bonchev–Trinajstić information content (AvgIpc) is 2.52. The average molecular weight is 242 g/mol. The van der Waals surface area contributed by atoms with Gasteiger partial charge in [0.15, 0.2) is 0 Å². The molecule has 0 saturated carbocycles. The zero-order chi connectivity index (χ0) is 13.0. The van der Waals surface area contributed by atoms with Crippen molar-refractivity contribution in [3.63, 3.8) is 0 Å². The molecule has 4 atom stereocenters. The van der Waals surface area contributed by atoms with E-state index in [-0.39, 0.29) is 30.0 Å². The van der Waals surface area contributed by atoms with Crippen LogP contribution in [0.5, 0.6) is 0 Å². The molecule has 1 saturated heterocycles. The van der Waals surface area contributed by atoms with Crippen LogP contribution in [0.4, 0.5) is 0 Å². The van der Waals surface area contributed by atoms with Crippen molar-refractivity contribution in [2.24, 2.45) is 17.6 Å². The Balaban J connectivity index is 2.72. The second-order valence-corrected chi connectivity index (χ2v) is 5.05. The molecule has 4 unspecified atom stereocenters. The summed E-state index contributed by atoms with van der Waals surface area (Å²) in [6.07, 6.45) is 1.15. The molecule has 17 heavy (non-hydrogen) atoms. The van der Waals surface area contributed by atoms with Crippen molar-refractivity contribution in [2.45, 2.75) is 46.3 Å². The fraction of sp³-hybridized carbons (Fsp3) is 0.923. The van der Waals surface area contributed by atoms with Crippen LogP contribution in [-0.4, -0.2) is 42.6 Å². The Morgan fingerprint density at radius 2 is 1.88 bits per heavy atom. The lowest BCUT2D eigenvalue weighted by Crippen LogP contribution is -2.43. The fourth-order valence-electron chi connectivity index (χ4n) is 2.66. The van der Waals surface area contributed by atoms with Gasteiger partial charge in [0.25, 0.3) is 0 Å². The van der Waals surface area contributed by atoms with Gasteiger partial charge in [-0.3, -0.25) is 4.79 Å². The molecule has 0 aromatic heterocycles. The van der Waals surface area contributed by atoms with E-state index in [0.29, 0.717) is 13.1 Å². The first-order valence-corrected chi connectivity index (χ1v) is 6.67. The molecule has 0 radical (unpaired) electrons. The van der Waals surface area contributed by atoms with Gasteiger partial charge in [0.2, 0.25) is 5.91 Å².